The third-order valence-corrected chi connectivity index (χ3v) is 8.02. The van der Waals surface area contributed by atoms with Crippen molar-refractivity contribution in [3.8, 4) is 0 Å². The lowest BCUT2D eigenvalue weighted by Gasteiger charge is -2.14. The predicted octanol–water partition coefficient (Wildman–Crippen LogP) is 2.98. The molecule has 0 bridgehead atoms. The SMILES string of the molecule is Cc1cc(C(=C[C@H]2CCC(=O)N2)c2ccc(Cl)c(=O)[nH]2)ccc1S(=O)(=O)C1CC1. The molecule has 1 atom stereocenters. The van der Waals surface area contributed by atoms with Crippen molar-refractivity contribution < 1.29 is 13.2 Å². The van der Waals surface area contributed by atoms with Crippen molar-refractivity contribution in [3.05, 3.63) is 68.6 Å². The average Bonchev–Trinajstić information content (AvgIpc) is 3.45. The van der Waals surface area contributed by atoms with Crippen LogP contribution in [0.2, 0.25) is 5.02 Å². The Morgan fingerprint density at radius 3 is 2.48 bits per heavy atom. The van der Waals surface area contributed by atoms with Gasteiger partial charge in [0.1, 0.15) is 5.02 Å². The minimum Gasteiger partial charge on any atom is -0.350 e. The van der Waals surface area contributed by atoms with Crippen LogP contribution in [0.3, 0.4) is 0 Å². The molecule has 2 fully saturated rings. The summed E-state index contributed by atoms with van der Waals surface area (Å²) in [6.45, 7) is 1.78. The molecule has 1 saturated carbocycles. The number of pyridine rings is 1. The summed E-state index contributed by atoms with van der Waals surface area (Å²) < 4.78 is 25.3. The van der Waals surface area contributed by atoms with E-state index in [0.717, 1.165) is 5.56 Å². The molecule has 1 amide bonds. The van der Waals surface area contributed by atoms with Gasteiger partial charge in [-0.25, -0.2) is 8.42 Å². The molecule has 1 saturated heterocycles. The quantitative estimate of drug-likeness (QED) is 0.759. The molecule has 0 unspecified atom stereocenters. The fraction of sp³-hybridized carbons (Fsp3) is 0.333. The van der Waals surface area contributed by atoms with Gasteiger partial charge in [-0.05, 0) is 55.5 Å². The number of aromatic nitrogens is 1. The van der Waals surface area contributed by atoms with E-state index in [0.29, 0.717) is 47.4 Å². The molecular formula is C21H21ClN2O4S. The minimum absolute atomic E-state index is 0.0164. The van der Waals surface area contributed by atoms with E-state index in [1.54, 1.807) is 25.1 Å². The second kappa shape index (κ2) is 7.46. The van der Waals surface area contributed by atoms with Crippen LogP contribution >= 0.6 is 11.6 Å². The zero-order valence-corrected chi connectivity index (χ0v) is 17.4. The maximum absolute atomic E-state index is 12.6. The Kier molecular flexibility index (Phi) is 5.12. The van der Waals surface area contributed by atoms with E-state index in [1.807, 2.05) is 12.1 Å². The summed E-state index contributed by atoms with van der Waals surface area (Å²) in [6.07, 6.45) is 4.43. The predicted molar refractivity (Wildman–Crippen MR) is 112 cm³/mol. The molecule has 1 aromatic carbocycles. The molecule has 2 aromatic rings. The summed E-state index contributed by atoms with van der Waals surface area (Å²) >= 11 is 5.87. The summed E-state index contributed by atoms with van der Waals surface area (Å²) in [6, 6.07) is 8.26. The van der Waals surface area contributed by atoms with Crippen LogP contribution in [0.5, 0.6) is 0 Å². The van der Waals surface area contributed by atoms with E-state index in [4.69, 9.17) is 11.6 Å². The normalized spacial score (nSPS) is 20.0. The van der Waals surface area contributed by atoms with Gasteiger partial charge in [0.05, 0.1) is 10.1 Å². The highest BCUT2D eigenvalue weighted by molar-refractivity contribution is 7.92. The van der Waals surface area contributed by atoms with Crippen molar-refractivity contribution >= 4 is 32.9 Å². The number of amides is 1. The van der Waals surface area contributed by atoms with Crippen LogP contribution in [0.1, 0.15) is 42.5 Å². The third-order valence-electron chi connectivity index (χ3n) is 5.30. The van der Waals surface area contributed by atoms with E-state index < -0.39 is 15.4 Å². The Bertz CT molecular complexity index is 1180. The van der Waals surface area contributed by atoms with E-state index in [9.17, 15) is 18.0 Å². The second-order valence-electron chi connectivity index (χ2n) is 7.57. The number of rotatable bonds is 5. The van der Waals surface area contributed by atoms with Crippen LogP contribution in [-0.2, 0) is 14.6 Å². The lowest BCUT2D eigenvalue weighted by atomic mass is 9.97. The van der Waals surface area contributed by atoms with Gasteiger partial charge in [0.2, 0.25) is 5.91 Å². The largest absolute Gasteiger partial charge is 0.350 e. The van der Waals surface area contributed by atoms with Crippen molar-refractivity contribution in [2.45, 2.75) is 48.8 Å². The third kappa shape index (κ3) is 4.02. The van der Waals surface area contributed by atoms with Gasteiger partial charge < -0.3 is 10.3 Å². The maximum atomic E-state index is 12.6. The second-order valence-corrected chi connectivity index (χ2v) is 10.2. The lowest BCUT2D eigenvalue weighted by Crippen LogP contribution is -2.23. The van der Waals surface area contributed by atoms with Gasteiger partial charge in [0.15, 0.2) is 9.84 Å². The van der Waals surface area contributed by atoms with Crippen LogP contribution in [-0.4, -0.2) is 30.6 Å². The molecule has 0 radical (unpaired) electrons. The molecule has 2 aliphatic rings. The van der Waals surface area contributed by atoms with Gasteiger partial charge in [-0.3, -0.25) is 9.59 Å². The molecule has 8 heteroatoms. The van der Waals surface area contributed by atoms with E-state index in [1.165, 1.54) is 6.07 Å². The molecule has 29 heavy (non-hydrogen) atoms. The maximum Gasteiger partial charge on any atom is 0.267 e. The van der Waals surface area contributed by atoms with Gasteiger partial charge in [0, 0.05) is 23.7 Å². The highest BCUT2D eigenvalue weighted by Crippen LogP contribution is 2.36. The first-order chi connectivity index (χ1) is 13.8. The molecule has 1 aromatic heterocycles. The van der Waals surface area contributed by atoms with Gasteiger partial charge in [-0.15, -0.1) is 0 Å². The first kappa shape index (κ1) is 19.9. The molecule has 1 aliphatic carbocycles. The summed E-state index contributed by atoms with van der Waals surface area (Å²) in [7, 11) is -3.30. The molecule has 152 valence electrons. The Morgan fingerprint density at radius 2 is 1.90 bits per heavy atom. The van der Waals surface area contributed by atoms with Crippen molar-refractivity contribution in [1.29, 1.82) is 0 Å². The standard InChI is InChI=1S/C21H21ClN2O4S/c1-12-10-13(2-8-19(12)29(27,28)15-4-5-15)16(11-14-3-9-20(25)23-14)18-7-6-17(22)21(26)24-18/h2,6-8,10-11,14-15H,3-5,9H2,1H3,(H,23,25)(H,24,26)/t14-/m1/s1. The number of benzene rings is 1. The summed E-state index contributed by atoms with van der Waals surface area (Å²) in [5.41, 5.74) is 2.28. The Balaban J connectivity index is 1.79. The Labute approximate surface area is 173 Å². The van der Waals surface area contributed by atoms with Crippen molar-refractivity contribution in [2.24, 2.45) is 0 Å². The fourth-order valence-electron chi connectivity index (χ4n) is 3.61. The molecule has 0 spiro atoms. The van der Waals surface area contributed by atoms with Gasteiger partial charge in [-0.1, -0.05) is 29.8 Å². The van der Waals surface area contributed by atoms with Gasteiger partial charge >= 0.3 is 0 Å². The van der Waals surface area contributed by atoms with Gasteiger partial charge in [-0.2, -0.15) is 0 Å². The molecular weight excluding hydrogens is 412 g/mol. The number of hydrogen-bond acceptors (Lipinski definition) is 4. The smallest absolute Gasteiger partial charge is 0.267 e. The average molecular weight is 433 g/mol. The van der Waals surface area contributed by atoms with E-state index in [-0.39, 0.29) is 22.2 Å². The Morgan fingerprint density at radius 1 is 1.14 bits per heavy atom. The Hall–Kier alpha value is -2.38. The summed E-state index contributed by atoms with van der Waals surface area (Å²) in [4.78, 5) is 26.8. The first-order valence-electron chi connectivity index (χ1n) is 9.51. The zero-order valence-electron chi connectivity index (χ0n) is 15.9. The molecule has 2 heterocycles. The highest BCUT2D eigenvalue weighted by Gasteiger charge is 2.37. The molecule has 1 aliphatic heterocycles. The lowest BCUT2D eigenvalue weighted by molar-refractivity contribution is -0.119. The van der Waals surface area contributed by atoms with E-state index in [2.05, 4.69) is 10.3 Å². The van der Waals surface area contributed by atoms with Crippen molar-refractivity contribution in [1.82, 2.24) is 10.3 Å². The number of hydrogen-bond donors (Lipinski definition) is 2. The number of H-pyrrole nitrogens is 1. The number of nitrogens with one attached hydrogen (secondary N) is 2. The topological polar surface area (TPSA) is 96.1 Å². The number of carbonyl (C=O) groups is 1. The number of halogens is 1. The minimum atomic E-state index is -3.30. The van der Waals surface area contributed by atoms with Crippen LogP contribution in [0.25, 0.3) is 5.57 Å². The zero-order chi connectivity index (χ0) is 20.8. The molecule has 6 nitrogen and oxygen atoms in total. The first-order valence-corrected chi connectivity index (χ1v) is 11.4. The summed E-state index contributed by atoms with van der Waals surface area (Å²) in [5.74, 6) is -0.0164. The number of sulfone groups is 1. The molecule has 2 N–H and O–H groups in total. The van der Waals surface area contributed by atoms with E-state index >= 15 is 0 Å². The van der Waals surface area contributed by atoms with Crippen LogP contribution in [0, 0.1) is 6.92 Å². The van der Waals surface area contributed by atoms with Crippen molar-refractivity contribution in [3.63, 3.8) is 0 Å². The highest BCUT2D eigenvalue weighted by atomic mass is 35.5. The molecule has 4 rings (SSSR count). The number of carbonyl (C=O) groups excluding carboxylic acids is 1. The van der Waals surface area contributed by atoms with Crippen LogP contribution in [0.4, 0.5) is 0 Å². The number of aromatic amines is 1. The summed E-state index contributed by atoms with van der Waals surface area (Å²) in [5, 5.41) is 2.71. The van der Waals surface area contributed by atoms with Crippen LogP contribution in [0.15, 0.2) is 46.1 Å². The number of aryl methyl sites for hydroxylation is 1. The van der Waals surface area contributed by atoms with Crippen molar-refractivity contribution in [2.75, 3.05) is 0 Å². The van der Waals surface area contributed by atoms with Gasteiger partial charge in [0.25, 0.3) is 5.56 Å². The monoisotopic (exact) mass is 432 g/mol. The fourth-order valence-corrected chi connectivity index (χ4v) is 5.60. The van der Waals surface area contributed by atoms with Crippen LogP contribution < -0.4 is 10.9 Å².